The minimum atomic E-state index is -0.192. The molecule has 0 spiro atoms. The molecule has 0 radical (unpaired) electrons. The van der Waals surface area contributed by atoms with E-state index in [4.69, 9.17) is 40.2 Å². The average molecular weight is 396 g/mol. The SMILES string of the molecule is O=C1NC(=S)S/C1=C\c1ccc(OCc2cccc(Cl)c2)c(Cl)c1. The molecule has 1 fully saturated rings. The van der Waals surface area contributed by atoms with E-state index in [1.165, 1.54) is 11.8 Å². The van der Waals surface area contributed by atoms with Gasteiger partial charge in [-0.15, -0.1) is 0 Å². The molecular formula is C17H11Cl2NO2S2. The van der Waals surface area contributed by atoms with Gasteiger partial charge in [0.1, 0.15) is 16.7 Å². The first-order valence-electron chi connectivity index (χ1n) is 6.93. The summed E-state index contributed by atoms with van der Waals surface area (Å²) in [4.78, 5) is 12.2. The monoisotopic (exact) mass is 395 g/mol. The van der Waals surface area contributed by atoms with Crippen LogP contribution in [0.1, 0.15) is 11.1 Å². The fourth-order valence-electron chi connectivity index (χ4n) is 2.08. The standard InChI is InChI=1S/C17H11Cl2NO2S2/c18-12-3-1-2-11(6-12)9-22-14-5-4-10(7-13(14)19)8-15-16(21)20-17(23)24-15/h1-8H,9H2,(H,20,21,23)/b15-8-. The fourth-order valence-corrected chi connectivity index (χ4v) is 3.58. The maximum atomic E-state index is 11.7. The summed E-state index contributed by atoms with van der Waals surface area (Å²) in [5.41, 5.74) is 1.76. The van der Waals surface area contributed by atoms with E-state index in [0.717, 1.165) is 11.1 Å². The highest BCUT2D eigenvalue weighted by molar-refractivity contribution is 8.26. The van der Waals surface area contributed by atoms with Gasteiger partial charge >= 0.3 is 0 Å². The van der Waals surface area contributed by atoms with Gasteiger partial charge in [-0.1, -0.05) is 65.4 Å². The molecule has 1 aliphatic rings. The fraction of sp³-hybridized carbons (Fsp3) is 0.0588. The van der Waals surface area contributed by atoms with Crippen molar-refractivity contribution in [2.75, 3.05) is 0 Å². The molecule has 0 unspecified atom stereocenters. The Balaban J connectivity index is 1.72. The molecule has 0 aliphatic carbocycles. The molecule has 7 heteroatoms. The lowest BCUT2D eigenvalue weighted by molar-refractivity contribution is -0.115. The van der Waals surface area contributed by atoms with Gasteiger partial charge in [-0.2, -0.15) is 0 Å². The number of halogens is 2. The topological polar surface area (TPSA) is 38.3 Å². The lowest BCUT2D eigenvalue weighted by atomic mass is 10.2. The van der Waals surface area contributed by atoms with Crippen molar-refractivity contribution >= 4 is 63.5 Å². The van der Waals surface area contributed by atoms with Gasteiger partial charge < -0.3 is 10.1 Å². The van der Waals surface area contributed by atoms with E-state index >= 15 is 0 Å². The van der Waals surface area contributed by atoms with Gasteiger partial charge in [0.05, 0.1) is 9.93 Å². The second-order valence-electron chi connectivity index (χ2n) is 4.96. The highest BCUT2D eigenvalue weighted by Crippen LogP contribution is 2.30. The Morgan fingerprint density at radius 2 is 2.04 bits per heavy atom. The van der Waals surface area contributed by atoms with Gasteiger partial charge in [0.15, 0.2) is 0 Å². The van der Waals surface area contributed by atoms with Crippen LogP contribution in [0.5, 0.6) is 5.75 Å². The van der Waals surface area contributed by atoms with Crippen molar-refractivity contribution in [3.63, 3.8) is 0 Å². The zero-order valence-electron chi connectivity index (χ0n) is 12.2. The second kappa shape index (κ2) is 7.57. The number of hydrogen-bond acceptors (Lipinski definition) is 4. The van der Waals surface area contributed by atoms with Crippen molar-refractivity contribution in [1.82, 2.24) is 5.32 Å². The van der Waals surface area contributed by atoms with E-state index in [-0.39, 0.29) is 5.91 Å². The number of amides is 1. The summed E-state index contributed by atoms with van der Waals surface area (Å²) in [5.74, 6) is 0.375. The van der Waals surface area contributed by atoms with Gasteiger partial charge in [-0.25, -0.2) is 0 Å². The number of rotatable bonds is 4. The number of thiocarbonyl (C=S) groups is 1. The van der Waals surface area contributed by atoms with E-state index in [2.05, 4.69) is 5.32 Å². The summed E-state index contributed by atoms with van der Waals surface area (Å²) in [6, 6.07) is 12.8. The second-order valence-corrected chi connectivity index (χ2v) is 7.52. The van der Waals surface area contributed by atoms with Crippen LogP contribution in [0.4, 0.5) is 0 Å². The summed E-state index contributed by atoms with van der Waals surface area (Å²) in [6.45, 7) is 0.368. The van der Waals surface area contributed by atoms with Crippen LogP contribution >= 0.6 is 47.2 Å². The molecule has 3 nitrogen and oxygen atoms in total. The smallest absolute Gasteiger partial charge is 0.263 e. The van der Waals surface area contributed by atoms with Crippen LogP contribution in [-0.2, 0) is 11.4 Å². The zero-order chi connectivity index (χ0) is 17.1. The third-order valence-corrected chi connectivity index (χ3v) is 4.87. The number of hydrogen-bond donors (Lipinski definition) is 1. The van der Waals surface area contributed by atoms with Crippen LogP contribution in [0, 0.1) is 0 Å². The lowest BCUT2D eigenvalue weighted by Crippen LogP contribution is -2.17. The number of ether oxygens (including phenoxy) is 1. The van der Waals surface area contributed by atoms with Crippen molar-refractivity contribution in [3.05, 3.63) is 68.5 Å². The van der Waals surface area contributed by atoms with E-state index in [9.17, 15) is 4.79 Å². The molecule has 2 aromatic rings. The van der Waals surface area contributed by atoms with Crippen LogP contribution in [0.25, 0.3) is 6.08 Å². The minimum Gasteiger partial charge on any atom is -0.487 e. The van der Waals surface area contributed by atoms with Gasteiger partial charge in [0.2, 0.25) is 0 Å². The Morgan fingerprint density at radius 3 is 2.71 bits per heavy atom. The van der Waals surface area contributed by atoms with Crippen LogP contribution in [0.3, 0.4) is 0 Å². The zero-order valence-corrected chi connectivity index (χ0v) is 15.4. The number of nitrogens with one attached hydrogen (secondary N) is 1. The van der Waals surface area contributed by atoms with Crippen molar-refractivity contribution in [3.8, 4) is 5.75 Å². The maximum Gasteiger partial charge on any atom is 0.263 e. The van der Waals surface area contributed by atoms with Gasteiger partial charge in [-0.05, 0) is 41.5 Å². The quantitative estimate of drug-likeness (QED) is 0.579. The summed E-state index contributed by atoms with van der Waals surface area (Å²) < 4.78 is 6.18. The van der Waals surface area contributed by atoms with Crippen LogP contribution in [0.15, 0.2) is 47.4 Å². The molecular weight excluding hydrogens is 385 g/mol. The molecule has 0 saturated carbocycles. The molecule has 1 aliphatic heterocycles. The molecule has 1 N–H and O–H groups in total. The minimum absolute atomic E-state index is 0.192. The predicted octanol–water partition coefficient (Wildman–Crippen LogP) is 5.06. The lowest BCUT2D eigenvalue weighted by Gasteiger charge is -2.09. The Kier molecular flexibility index (Phi) is 5.46. The van der Waals surface area contributed by atoms with E-state index in [1.54, 1.807) is 18.2 Å². The van der Waals surface area contributed by atoms with E-state index < -0.39 is 0 Å². The summed E-state index contributed by atoms with van der Waals surface area (Å²) in [5, 5.41) is 3.71. The van der Waals surface area contributed by atoms with Crippen LogP contribution in [-0.4, -0.2) is 10.2 Å². The maximum absolute atomic E-state index is 11.7. The highest BCUT2D eigenvalue weighted by atomic mass is 35.5. The molecule has 0 bridgehead atoms. The number of carbonyl (C=O) groups excluding carboxylic acids is 1. The highest BCUT2D eigenvalue weighted by Gasteiger charge is 2.22. The summed E-state index contributed by atoms with van der Waals surface area (Å²) in [7, 11) is 0. The van der Waals surface area contributed by atoms with Gasteiger partial charge in [0.25, 0.3) is 5.91 Å². The van der Waals surface area contributed by atoms with Crippen molar-refractivity contribution in [2.24, 2.45) is 0 Å². The molecule has 1 saturated heterocycles. The molecule has 0 atom stereocenters. The molecule has 1 amide bonds. The summed E-state index contributed by atoms with van der Waals surface area (Å²) in [6.07, 6.45) is 1.74. The molecule has 2 aromatic carbocycles. The number of carbonyl (C=O) groups is 1. The first kappa shape index (κ1) is 17.3. The molecule has 122 valence electrons. The van der Waals surface area contributed by atoms with Gasteiger partial charge in [-0.3, -0.25) is 4.79 Å². The average Bonchev–Trinajstić information content (AvgIpc) is 2.84. The third kappa shape index (κ3) is 4.30. The van der Waals surface area contributed by atoms with Crippen LogP contribution < -0.4 is 10.1 Å². The summed E-state index contributed by atoms with van der Waals surface area (Å²) >= 11 is 18.4. The number of benzene rings is 2. The van der Waals surface area contributed by atoms with E-state index in [1.807, 2.05) is 30.3 Å². The van der Waals surface area contributed by atoms with Gasteiger partial charge in [0, 0.05) is 5.02 Å². The molecule has 3 rings (SSSR count). The Bertz CT molecular complexity index is 852. The van der Waals surface area contributed by atoms with Crippen molar-refractivity contribution in [2.45, 2.75) is 6.61 Å². The Hall–Kier alpha value is -1.53. The van der Waals surface area contributed by atoms with E-state index in [0.29, 0.717) is 31.6 Å². The van der Waals surface area contributed by atoms with Crippen molar-refractivity contribution < 1.29 is 9.53 Å². The third-order valence-electron chi connectivity index (χ3n) is 3.18. The first-order chi connectivity index (χ1) is 11.5. The van der Waals surface area contributed by atoms with Crippen LogP contribution in [0.2, 0.25) is 10.0 Å². The number of thioether (sulfide) groups is 1. The normalized spacial score (nSPS) is 15.7. The predicted molar refractivity (Wildman–Crippen MR) is 104 cm³/mol. The Morgan fingerprint density at radius 1 is 1.21 bits per heavy atom. The largest absolute Gasteiger partial charge is 0.487 e. The molecule has 24 heavy (non-hydrogen) atoms. The first-order valence-corrected chi connectivity index (χ1v) is 8.91. The Labute approximate surface area is 159 Å². The van der Waals surface area contributed by atoms with Crippen molar-refractivity contribution in [1.29, 1.82) is 0 Å². The molecule has 0 aromatic heterocycles. The molecule has 1 heterocycles.